The molecule has 0 saturated carbocycles. The van der Waals surface area contributed by atoms with Gasteiger partial charge in [-0.3, -0.25) is 14.5 Å². The second kappa shape index (κ2) is 10.9. The van der Waals surface area contributed by atoms with Crippen LogP contribution in [0.15, 0.2) is 30.2 Å². The molecule has 10 nitrogen and oxygen atoms in total. The van der Waals surface area contributed by atoms with Gasteiger partial charge >= 0.3 is 24.4 Å². The zero-order chi connectivity index (χ0) is 30.2. The number of ether oxygens (including phenoxy) is 1. The molecule has 1 aliphatic heterocycles. The van der Waals surface area contributed by atoms with Crippen molar-refractivity contribution in [3.8, 4) is 11.4 Å². The van der Waals surface area contributed by atoms with E-state index in [0.717, 1.165) is 22.1 Å². The van der Waals surface area contributed by atoms with Crippen LogP contribution in [0.5, 0.6) is 0 Å². The fourth-order valence-electron chi connectivity index (χ4n) is 3.55. The van der Waals surface area contributed by atoms with Gasteiger partial charge in [0.1, 0.15) is 24.2 Å². The summed E-state index contributed by atoms with van der Waals surface area (Å²) >= 11 is 0. The smallest absolute Gasteiger partial charge is 0.416 e. The van der Waals surface area contributed by atoms with Crippen LogP contribution >= 0.6 is 0 Å². The molecule has 40 heavy (non-hydrogen) atoms. The average Bonchev–Trinajstić information content (AvgIpc) is 3.34. The molecule has 1 aliphatic rings. The predicted molar refractivity (Wildman–Crippen MR) is 128 cm³/mol. The van der Waals surface area contributed by atoms with Gasteiger partial charge in [-0.15, -0.1) is 5.10 Å². The van der Waals surface area contributed by atoms with E-state index in [1.807, 2.05) is 0 Å². The van der Waals surface area contributed by atoms with Gasteiger partial charge in [0.15, 0.2) is 5.82 Å². The summed E-state index contributed by atoms with van der Waals surface area (Å²) in [5.74, 6) is -2.21. The largest absolute Gasteiger partial charge is 0.459 e. The second-order valence-electron chi connectivity index (χ2n) is 10.1. The summed E-state index contributed by atoms with van der Waals surface area (Å²) in [5, 5.41) is 3.90. The molecule has 0 radical (unpaired) electrons. The van der Waals surface area contributed by atoms with Crippen LogP contribution in [0.1, 0.15) is 31.9 Å². The molecule has 1 fully saturated rings. The molecule has 3 rings (SSSR count). The van der Waals surface area contributed by atoms with Crippen LogP contribution in [0, 0.1) is 0 Å². The molecule has 2 aromatic rings. The maximum absolute atomic E-state index is 13.3. The van der Waals surface area contributed by atoms with Crippen LogP contribution in [0.2, 0.25) is 0 Å². The van der Waals surface area contributed by atoms with E-state index in [1.54, 1.807) is 39.8 Å². The van der Waals surface area contributed by atoms with Crippen LogP contribution < -0.4 is 0 Å². The van der Waals surface area contributed by atoms with Crippen molar-refractivity contribution in [2.45, 2.75) is 38.7 Å². The van der Waals surface area contributed by atoms with Gasteiger partial charge in [0.05, 0.1) is 17.3 Å². The molecule has 1 aromatic carbocycles. The summed E-state index contributed by atoms with van der Waals surface area (Å²) in [6.07, 6.45) is -8.14. The number of hydrogen-bond acceptors (Lipinski definition) is 7. The van der Waals surface area contributed by atoms with Crippen molar-refractivity contribution in [3.05, 3.63) is 41.4 Å². The molecular weight excluding hydrogens is 550 g/mol. The van der Waals surface area contributed by atoms with Crippen molar-refractivity contribution < 1.29 is 45.5 Å². The fourth-order valence-corrected chi connectivity index (χ4v) is 3.55. The number of esters is 1. The van der Waals surface area contributed by atoms with Gasteiger partial charge in [-0.05, 0) is 53.1 Å². The standard InChI is InChI=1S/C24H26F6N6O4/c1-22(2,3)40-18(37)12-36-20(38)17(35(21(36)39)7-6-33(4)5)11-34-13-31-19(32-34)14-8-15(23(25,26)27)10-16(9-14)24(28,29)30/h8-11,13H,6-7,12H2,1-5H3/b17-11-. The Morgan fingerprint density at radius 3 is 2.05 bits per heavy atom. The van der Waals surface area contributed by atoms with Crippen LogP contribution in [0.25, 0.3) is 17.6 Å². The first-order valence-corrected chi connectivity index (χ1v) is 11.7. The number of imide groups is 1. The Bertz CT molecular complexity index is 1290. The number of amides is 3. The molecule has 0 N–H and O–H groups in total. The van der Waals surface area contributed by atoms with E-state index in [4.69, 9.17) is 4.74 Å². The Morgan fingerprint density at radius 2 is 1.55 bits per heavy atom. The third kappa shape index (κ3) is 7.37. The van der Waals surface area contributed by atoms with E-state index in [2.05, 4.69) is 10.1 Å². The monoisotopic (exact) mass is 576 g/mol. The number of carbonyl (C=O) groups is 3. The molecule has 218 valence electrons. The van der Waals surface area contributed by atoms with Crippen LogP contribution in [-0.4, -0.2) is 86.7 Å². The number of halogens is 6. The average molecular weight is 576 g/mol. The number of carbonyl (C=O) groups excluding carboxylic acids is 3. The number of urea groups is 1. The zero-order valence-corrected chi connectivity index (χ0v) is 22.1. The summed E-state index contributed by atoms with van der Waals surface area (Å²) in [7, 11) is 3.44. The normalized spacial score (nSPS) is 16.1. The number of likely N-dealkylation sites (N-methyl/N-ethyl adjacent to an activating group) is 1. The van der Waals surface area contributed by atoms with E-state index in [-0.39, 0.29) is 18.3 Å². The Morgan fingerprint density at radius 1 is 0.975 bits per heavy atom. The van der Waals surface area contributed by atoms with Gasteiger partial charge in [0, 0.05) is 18.7 Å². The summed E-state index contributed by atoms with van der Waals surface area (Å²) in [6.45, 7) is 4.46. The number of aromatic nitrogens is 3. The number of benzene rings is 1. The molecule has 1 saturated heterocycles. The summed E-state index contributed by atoms with van der Waals surface area (Å²) in [6, 6.07) is 0.0981. The summed E-state index contributed by atoms with van der Waals surface area (Å²) in [4.78, 5) is 45.7. The highest BCUT2D eigenvalue weighted by Gasteiger charge is 2.43. The van der Waals surface area contributed by atoms with Crippen molar-refractivity contribution in [3.63, 3.8) is 0 Å². The quantitative estimate of drug-likeness (QED) is 0.213. The number of nitrogens with zero attached hydrogens (tertiary/aromatic N) is 6. The molecular formula is C24H26F6N6O4. The van der Waals surface area contributed by atoms with Crippen molar-refractivity contribution in [2.75, 3.05) is 33.7 Å². The number of alkyl halides is 6. The molecule has 0 spiro atoms. The minimum Gasteiger partial charge on any atom is -0.459 e. The third-order valence-electron chi connectivity index (χ3n) is 5.30. The molecule has 0 aliphatic carbocycles. The van der Waals surface area contributed by atoms with Crippen molar-refractivity contribution in [2.24, 2.45) is 0 Å². The van der Waals surface area contributed by atoms with Crippen LogP contribution in [0.3, 0.4) is 0 Å². The van der Waals surface area contributed by atoms with Crippen molar-refractivity contribution in [1.82, 2.24) is 29.5 Å². The molecule has 1 aromatic heterocycles. The first kappa shape index (κ1) is 30.6. The highest BCUT2D eigenvalue weighted by Crippen LogP contribution is 2.38. The topological polar surface area (TPSA) is 101 Å². The first-order chi connectivity index (χ1) is 18.3. The van der Waals surface area contributed by atoms with Crippen molar-refractivity contribution in [1.29, 1.82) is 0 Å². The molecule has 3 amide bonds. The lowest BCUT2D eigenvalue weighted by atomic mass is 10.0. The maximum Gasteiger partial charge on any atom is 0.416 e. The van der Waals surface area contributed by atoms with Gasteiger partial charge < -0.3 is 9.64 Å². The highest BCUT2D eigenvalue weighted by molar-refractivity contribution is 6.14. The van der Waals surface area contributed by atoms with E-state index in [1.165, 1.54) is 0 Å². The van der Waals surface area contributed by atoms with E-state index in [0.29, 0.717) is 23.6 Å². The fraction of sp³-hybridized carbons (Fsp3) is 0.458. The van der Waals surface area contributed by atoms with Gasteiger partial charge in [-0.1, -0.05) is 0 Å². The molecule has 0 unspecified atom stereocenters. The number of rotatable bonds is 7. The van der Waals surface area contributed by atoms with Gasteiger partial charge in [-0.2, -0.15) is 26.3 Å². The lowest BCUT2D eigenvalue weighted by Gasteiger charge is -2.22. The second-order valence-corrected chi connectivity index (χ2v) is 10.1. The van der Waals surface area contributed by atoms with Crippen LogP contribution in [0.4, 0.5) is 31.1 Å². The van der Waals surface area contributed by atoms with Gasteiger partial charge in [-0.25, -0.2) is 19.4 Å². The van der Waals surface area contributed by atoms with Crippen molar-refractivity contribution >= 4 is 24.1 Å². The van der Waals surface area contributed by atoms with Gasteiger partial charge in [0.25, 0.3) is 5.91 Å². The predicted octanol–water partition coefficient (Wildman–Crippen LogP) is 3.95. The Hall–Kier alpha value is -3.95. The SMILES string of the molecule is CN(C)CCN1C(=O)N(CC(=O)OC(C)(C)C)C(=O)/C1=C/n1cnc(-c2cc(C(F)(F)F)cc(C(F)(F)F)c2)n1. The number of hydrogen-bond donors (Lipinski definition) is 0. The van der Waals surface area contributed by atoms with E-state index in [9.17, 15) is 40.7 Å². The molecule has 0 atom stereocenters. The van der Waals surface area contributed by atoms with E-state index < -0.39 is 64.9 Å². The third-order valence-corrected chi connectivity index (χ3v) is 5.30. The lowest BCUT2D eigenvalue weighted by Crippen LogP contribution is -2.40. The zero-order valence-electron chi connectivity index (χ0n) is 22.1. The molecule has 0 bridgehead atoms. The van der Waals surface area contributed by atoms with Crippen LogP contribution in [-0.2, 0) is 26.7 Å². The summed E-state index contributed by atoms with van der Waals surface area (Å²) < 4.78 is 85.6. The highest BCUT2D eigenvalue weighted by atomic mass is 19.4. The van der Waals surface area contributed by atoms with E-state index >= 15 is 0 Å². The Kier molecular flexibility index (Phi) is 8.34. The summed E-state index contributed by atoms with van der Waals surface area (Å²) in [5.41, 5.74) is -4.78. The van der Waals surface area contributed by atoms with Gasteiger partial charge in [0.2, 0.25) is 0 Å². The molecule has 16 heteroatoms. The maximum atomic E-state index is 13.3. The first-order valence-electron chi connectivity index (χ1n) is 11.7. The molecule has 2 heterocycles. The lowest BCUT2D eigenvalue weighted by molar-refractivity contribution is -0.156. The Balaban J connectivity index is 1.99. The minimum absolute atomic E-state index is 0.0123. The minimum atomic E-state index is -5.07. The Labute approximate surface area is 224 Å².